The van der Waals surface area contributed by atoms with Gasteiger partial charge in [0.25, 0.3) is 0 Å². The molecule has 0 saturated heterocycles. The van der Waals surface area contributed by atoms with Crippen LogP contribution in [0.4, 0.5) is 0 Å². The zero-order valence-corrected chi connectivity index (χ0v) is 9.59. The summed E-state index contributed by atoms with van der Waals surface area (Å²) < 4.78 is 24.4. The third kappa shape index (κ3) is 2.09. The molecular weight excluding hydrogens is 238 g/mol. The van der Waals surface area contributed by atoms with Crippen molar-refractivity contribution in [3.05, 3.63) is 54.2 Å². The average Bonchev–Trinajstić information content (AvgIpc) is 2.39. The summed E-state index contributed by atoms with van der Waals surface area (Å²) in [6.45, 7) is 0. The van der Waals surface area contributed by atoms with E-state index >= 15 is 0 Å². The van der Waals surface area contributed by atoms with Gasteiger partial charge in [0.2, 0.25) is 9.84 Å². The number of aromatic nitrogens is 1. The Morgan fingerprint density at radius 3 is 2.35 bits per heavy atom. The molecule has 1 aromatic carbocycles. The van der Waals surface area contributed by atoms with Crippen molar-refractivity contribution in [2.24, 2.45) is 0 Å². The Bertz CT molecular complexity index is 636. The van der Waals surface area contributed by atoms with Crippen molar-refractivity contribution >= 4 is 16.1 Å². The Hall–Kier alpha value is -2.01. The topological polar surface area (TPSA) is 64.1 Å². The molecular formula is C12H9NO3S. The van der Waals surface area contributed by atoms with Crippen molar-refractivity contribution in [2.75, 3.05) is 0 Å². The molecule has 0 spiro atoms. The lowest BCUT2D eigenvalue weighted by Crippen LogP contribution is -2.07. The first-order chi connectivity index (χ1) is 8.16. The number of pyridine rings is 1. The van der Waals surface area contributed by atoms with Crippen molar-refractivity contribution in [3.63, 3.8) is 0 Å². The number of carbonyl (C=O) groups is 1. The van der Waals surface area contributed by atoms with Crippen LogP contribution in [0.15, 0.2) is 58.6 Å². The zero-order valence-electron chi connectivity index (χ0n) is 8.78. The third-order valence-corrected chi connectivity index (χ3v) is 3.98. The smallest absolute Gasteiger partial charge is 0.224 e. The molecule has 0 N–H and O–H groups in total. The van der Waals surface area contributed by atoms with Gasteiger partial charge in [-0.25, -0.2) is 13.4 Å². The molecule has 0 fully saturated rings. The van der Waals surface area contributed by atoms with E-state index in [2.05, 4.69) is 4.98 Å². The van der Waals surface area contributed by atoms with Crippen LogP contribution in [0.3, 0.4) is 0 Å². The molecule has 2 rings (SSSR count). The fourth-order valence-electron chi connectivity index (χ4n) is 1.43. The van der Waals surface area contributed by atoms with Crippen molar-refractivity contribution in [3.8, 4) is 0 Å². The van der Waals surface area contributed by atoms with Crippen LogP contribution in [-0.4, -0.2) is 19.7 Å². The number of hydrogen-bond donors (Lipinski definition) is 0. The molecule has 1 aromatic heterocycles. The molecule has 0 unspecified atom stereocenters. The Morgan fingerprint density at radius 2 is 1.71 bits per heavy atom. The first-order valence-electron chi connectivity index (χ1n) is 4.86. The monoisotopic (exact) mass is 247 g/mol. The minimum atomic E-state index is -3.72. The van der Waals surface area contributed by atoms with Gasteiger partial charge in [-0.15, -0.1) is 0 Å². The van der Waals surface area contributed by atoms with Crippen LogP contribution in [-0.2, 0) is 9.84 Å². The van der Waals surface area contributed by atoms with Crippen molar-refractivity contribution in [2.45, 2.75) is 9.92 Å². The summed E-state index contributed by atoms with van der Waals surface area (Å²) in [6, 6.07) is 10.9. The van der Waals surface area contributed by atoms with E-state index in [1.165, 1.54) is 30.5 Å². The van der Waals surface area contributed by atoms with Gasteiger partial charge in [-0.2, -0.15) is 0 Å². The third-order valence-electron chi connectivity index (χ3n) is 2.24. The van der Waals surface area contributed by atoms with E-state index in [9.17, 15) is 13.2 Å². The standard InChI is InChI=1S/C12H9NO3S/c14-9-10-5-4-8-13-12(10)17(15,16)11-6-2-1-3-7-11/h1-9H. The summed E-state index contributed by atoms with van der Waals surface area (Å²) in [4.78, 5) is 14.7. The number of rotatable bonds is 3. The fraction of sp³-hybridized carbons (Fsp3) is 0. The number of hydrogen-bond acceptors (Lipinski definition) is 4. The highest BCUT2D eigenvalue weighted by Crippen LogP contribution is 2.20. The lowest BCUT2D eigenvalue weighted by molar-refractivity contribution is 0.112. The van der Waals surface area contributed by atoms with E-state index in [1.807, 2.05) is 0 Å². The molecule has 0 atom stereocenters. The fourth-order valence-corrected chi connectivity index (χ4v) is 2.79. The van der Waals surface area contributed by atoms with Gasteiger partial charge in [-0.1, -0.05) is 18.2 Å². The lowest BCUT2D eigenvalue weighted by Gasteiger charge is -2.05. The van der Waals surface area contributed by atoms with E-state index < -0.39 is 9.84 Å². The number of nitrogens with zero attached hydrogens (tertiary/aromatic N) is 1. The molecule has 0 saturated carbocycles. The van der Waals surface area contributed by atoms with Gasteiger partial charge in [0.05, 0.1) is 10.5 Å². The Balaban J connectivity index is 2.65. The minimum absolute atomic E-state index is 0.0661. The molecule has 86 valence electrons. The van der Waals surface area contributed by atoms with Crippen LogP contribution in [0.1, 0.15) is 10.4 Å². The quantitative estimate of drug-likeness (QED) is 0.775. The van der Waals surface area contributed by atoms with Crippen molar-refractivity contribution < 1.29 is 13.2 Å². The van der Waals surface area contributed by atoms with E-state index in [1.54, 1.807) is 18.2 Å². The summed E-state index contributed by atoms with van der Waals surface area (Å²) in [5, 5.41) is -0.207. The predicted molar refractivity (Wildman–Crippen MR) is 61.5 cm³/mol. The molecule has 0 radical (unpaired) electrons. The van der Waals surface area contributed by atoms with E-state index in [0.717, 1.165) is 0 Å². The van der Waals surface area contributed by atoms with Crippen LogP contribution < -0.4 is 0 Å². The molecule has 1 heterocycles. The molecule has 0 amide bonds. The Morgan fingerprint density at radius 1 is 1.00 bits per heavy atom. The second-order valence-corrected chi connectivity index (χ2v) is 5.20. The largest absolute Gasteiger partial charge is 0.298 e. The molecule has 4 nitrogen and oxygen atoms in total. The second-order valence-electron chi connectivity index (χ2n) is 3.33. The summed E-state index contributed by atoms with van der Waals surface area (Å²) in [5.41, 5.74) is 0.0661. The Kier molecular flexibility index (Phi) is 3.01. The normalized spacial score (nSPS) is 11.1. The van der Waals surface area contributed by atoms with Crippen molar-refractivity contribution in [1.82, 2.24) is 4.98 Å². The van der Waals surface area contributed by atoms with Gasteiger partial charge in [-0.3, -0.25) is 4.79 Å². The molecule has 0 aliphatic heterocycles. The number of benzene rings is 1. The maximum absolute atomic E-state index is 12.2. The summed E-state index contributed by atoms with van der Waals surface area (Å²) in [6.07, 6.45) is 1.84. The summed E-state index contributed by atoms with van der Waals surface area (Å²) in [5.74, 6) is 0. The summed E-state index contributed by atoms with van der Waals surface area (Å²) >= 11 is 0. The predicted octanol–water partition coefficient (Wildman–Crippen LogP) is 1.73. The number of sulfone groups is 1. The first kappa shape index (κ1) is 11.5. The maximum Gasteiger partial charge on any atom is 0.224 e. The van der Waals surface area contributed by atoms with Gasteiger partial charge >= 0.3 is 0 Å². The van der Waals surface area contributed by atoms with Gasteiger partial charge in [0.15, 0.2) is 11.3 Å². The highest BCUT2D eigenvalue weighted by atomic mass is 32.2. The minimum Gasteiger partial charge on any atom is -0.298 e. The van der Waals surface area contributed by atoms with Crippen LogP contribution in [0.25, 0.3) is 0 Å². The second kappa shape index (κ2) is 4.47. The van der Waals surface area contributed by atoms with Gasteiger partial charge in [0.1, 0.15) is 0 Å². The van der Waals surface area contributed by atoms with Gasteiger partial charge in [-0.05, 0) is 24.3 Å². The van der Waals surface area contributed by atoms with Crippen LogP contribution in [0.5, 0.6) is 0 Å². The molecule has 2 aromatic rings. The number of carbonyl (C=O) groups excluding carboxylic acids is 1. The van der Waals surface area contributed by atoms with E-state index in [-0.39, 0.29) is 15.5 Å². The molecule has 5 heteroatoms. The van der Waals surface area contributed by atoms with Crippen LogP contribution in [0.2, 0.25) is 0 Å². The molecule has 17 heavy (non-hydrogen) atoms. The van der Waals surface area contributed by atoms with Gasteiger partial charge < -0.3 is 0 Å². The average molecular weight is 247 g/mol. The van der Waals surface area contributed by atoms with Crippen molar-refractivity contribution in [1.29, 1.82) is 0 Å². The molecule has 0 bridgehead atoms. The number of aldehydes is 1. The molecule has 0 aliphatic rings. The highest BCUT2D eigenvalue weighted by molar-refractivity contribution is 7.91. The van der Waals surface area contributed by atoms with Crippen LogP contribution in [0, 0.1) is 0 Å². The first-order valence-corrected chi connectivity index (χ1v) is 6.35. The zero-order chi connectivity index (χ0) is 12.3. The maximum atomic E-state index is 12.2. The van der Waals surface area contributed by atoms with Gasteiger partial charge in [0, 0.05) is 6.20 Å². The van der Waals surface area contributed by atoms with Crippen LogP contribution >= 0.6 is 0 Å². The lowest BCUT2D eigenvalue weighted by atomic mass is 10.3. The highest BCUT2D eigenvalue weighted by Gasteiger charge is 2.21. The molecule has 0 aliphatic carbocycles. The summed E-state index contributed by atoms with van der Waals surface area (Å²) in [7, 11) is -3.72. The van der Waals surface area contributed by atoms with E-state index in [0.29, 0.717) is 6.29 Å². The van der Waals surface area contributed by atoms with E-state index in [4.69, 9.17) is 0 Å². The SMILES string of the molecule is O=Cc1cccnc1S(=O)(=O)c1ccccc1. The Labute approximate surface area is 98.9 Å².